The number of imidazole rings is 1. The van der Waals surface area contributed by atoms with Crippen molar-refractivity contribution in [2.75, 3.05) is 10.7 Å². The maximum Gasteiger partial charge on any atom is 0.174 e. The Balaban J connectivity index is 1.70. The van der Waals surface area contributed by atoms with Crippen molar-refractivity contribution in [3.8, 4) is 0 Å². The first-order valence-electron chi connectivity index (χ1n) is 8.76. The minimum absolute atomic E-state index is 0.153. The summed E-state index contributed by atoms with van der Waals surface area (Å²) in [7, 11) is 0. The summed E-state index contributed by atoms with van der Waals surface area (Å²) in [6.45, 7) is 0. The second-order valence-electron chi connectivity index (χ2n) is 7.06. The molecule has 1 aromatic heterocycles. The van der Waals surface area contributed by atoms with Gasteiger partial charge in [-0.15, -0.1) is 0 Å². The Kier molecular flexibility index (Phi) is 4.16. The van der Waals surface area contributed by atoms with E-state index in [0.717, 1.165) is 25.7 Å². The summed E-state index contributed by atoms with van der Waals surface area (Å²) in [5.41, 5.74) is 15.3. The number of anilines is 1. The van der Waals surface area contributed by atoms with E-state index in [0.29, 0.717) is 11.5 Å². The summed E-state index contributed by atoms with van der Waals surface area (Å²) in [6.07, 6.45) is 8.69. The number of rotatable bonds is 3. The zero-order valence-corrected chi connectivity index (χ0v) is 14.3. The number of benzene rings is 1. The van der Waals surface area contributed by atoms with Crippen LogP contribution >= 0.6 is 0 Å². The SMILES string of the molecule is NC1CCC(C2(N)C=C(Nc3c(F)cccc3F)c3nccn3N2)CC1. The van der Waals surface area contributed by atoms with Crippen LogP contribution in [0.4, 0.5) is 14.5 Å². The largest absolute Gasteiger partial charge is 0.348 e. The third-order valence-electron chi connectivity index (χ3n) is 5.25. The van der Waals surface area contributed by atoms with E-state index >= 15 is 0 Å². The van der Waals surface area contributed by atoms with Gasteiger partial charge in [0.25, 0.3) is 0 Å². The van der Waals surface area contributed by atoms with Crippen LogP contribution in [0, 0.1) is 17.6 Å². The molecule has 1 saturated carbocycles. The van der Waals surface area contributed by atoms with Crippen molar-refractivity contribution < 1.29 is 8.78 Å². The number of aromatic nitrogens is 2. The lowest BCUT2D eigenvalue weighted by atomic mass is 9.78. The van der Waals surface area contributed by atoms with Crippen molar-refractivity contribution in [3.63, 3.8) is 0 Å². The number of nitrogens with two attached hydrogens (primary N) is 2. The van der Waals surface area contributed by atoms with Gasteiger partial charge in [0.1, 0.15) is 23.0 Å². The molecule has 26 heavy (non-hydrogen) atoms. The molecule has 0 spiro atoms. The molecule has 6 N–H and O–H groups in total. The Morgan fingerprint density at radius 1 is 1.19 bits per heavy atom. The molecule has 2 aromatic rings. The van der Waals surface area contributed by atoms with Gasteiger partial charge >= 0.3 is 0 Å². The molecule has 0 radical (unpaired) electrons. The molecule has 1 aliphatic carbocycles. The Hall–Kier alpha value is -2.45. The van der Waals surface area contributed by atoms with Crippen LogP contribution in [0.2, 0.25) is 0 Å². The molecule has 1 atom stereocenters. The van der Waals surface area contributed by atoms with Gasteiger partial charge in [-0.2, -0.15) is 0 Å². The first-order valence-corrected chi connectivity index (χ1v) is 8.76. The Morgan fingerprint density at radius 3 is 2.58 bits per heavy atom. The van der Waals surface area contributed by atoms with Crippen LogP contribution in [0.5, 0.6) is 0 Å². The standard InChI is InChI=1S/C18H22F2N6/c19-13-2-1-3-14(20)16(13)24-15-10-18(22,11-4-6-12(21)7-5-11)25-26-9-8-23-17(15)26/h1-3,8-12,24-25H,4-7,21-22H2. The van der Waals surface area contributed by atoms with Gasteiger partial charge in [0, 0.05) is 24.4 Å². The summed E-state index contributed by atoms with van der Waals surface area (Å²) >= 11 is 0. The van der Waals surface area contributed by atoms with Gasteiger partial charge in [0.2, 0.25) is 0 Å². The Bertz CT molecular complexity index is 820. The van der Waals surface area contributed by atoms with E-state index in [1.165, 1.54) is 18.2 Å². The second kappa shape index (κ2) is 6.37. The van der Waals surface area contributed by atoms with E-state index in [4.69, 9.17) is 11.5 Å². The van der Waals surface area contributed by atoms with Gasteiger partial charge in [0.05, 0.1) is 5.70 Å². The molecule has 8 heteroatoms. The molecule has 4 rings (SSSR count). The molecule has 138 valence electrons. The molecular formula is C18H22F2N6. The van der Waals surface area contributed by atoms with Gasteiger partial charge in [-0.25, -0.2) is 18.4 Å². The lowest BCUT2D eigenvalue weighted by Gasteiger charge is -2.42. The fraction of sp³-hybridized carbons (Fsp3) is 0.389. The Labute approximate surface area is 150 Å². The molecule has 0 saturated heterocycles. The van der Waals surface area contributed by atoms with E-state index in [9.17, 15) is 8.78 Å². The molecule has 1 unspecified atom stereocenters. The van der Waals surface area contributed by atoms with Crippen LogP contribution in [0.25, 0.3) is 5.70 Å². The fourth-order valence-corrected chi connectivity index (χ4v) is 3.79. The van der Waals surface area contributed by atoms with Crippen molar-refractivity contribution in [1.82, 2.24) is 9.66 Å². The van der Waals surface area contributed by atoms with Gasteiger partial charge in [0.15, 0.2) is 5.82 Å². The zero-order chi connectivity index (χ0) is 18.3. The molecule has 1 aliphatic heterocycles. The van der Waals surface area contributed by atoms with Gasteiger partial charge in [-0.05, 0) is 43.9 Å². The van der Waals surface area contributed by atoms with Gasteiger partial charge in [-0.1, -0.05) is 6.07 Å². The zero-order valence-electron chi connectivity index (χ0n) is 14.3. The van der Waals surface area contributed by atoms with E-state index in [1.54, 1.807) is 23.1 Å². The maximum atomic E-state index is 14.1. The summed E-state index contributed by atoms with van der Waals surface area (Å²) < 4.78 is 29.8. The molecule has 0 bridgehead atoms. The van der Waals surface area contributed by atoms with Crippen LogP contribution in [0.3, 0.4) is 0 Å². The third kappa shape index (κ3) is 2.95. The predicted octanol–water partition coefficient (Wildman–Crippen LogP) is 2.34. The van der Waals surface area contributed by atoms with Crippen molar-refractivity contribution in [2.45, 2.75) is 37.4 Å². The van der Waals surface area contributed by atoms with Crippen molar-refractivity contribution in [3.05, 3.63) is 54.1 Å². The molecule has 6 nitrogen and oxygen atoms in total. The van der Waals surface area contributed by atoms with Crippen molar-refractivity contribution in [2.24, 2.45) is 17.4 Å². The average molecular weight is 360 g/mol. The highest BCUT2D eigenvalue weighted by Crippen LogP contribution is 2.35. The highest BCUT2D eigenvalue weighted by molar-refractivity contribution is 5.76. The molecule has 0 amide bonds. The molecule has 2 heterocycles. The number of halogens is 2. The molecular weight excluding hydrogens is 338 g/mol. The lowest BCUT2D eigenvalue weighted by molar-refractivity contribution is 0.239. The van der Waals surface area contributed by atoms with E-state index in [2.05, 4.69) is 15.7 Å². The average Bonchev–Trinajstić information content (AvgIpc) is 3.07. The number of nitrogens with one attached hydrogen (secondary N) is 2. The number of nitrogens with zero attached hydrogens (tertiary/aromatic N) is 2. The maximum absolute atomic E-state index is 14.1. The van der Waals surface area contributed by atoms with Gasteiger partial charge in [-0.3, -0.25) is 0 Å². The van der Waals surface area contributed by atoms with Crippen LogP contribution in [0.1, 0.15) is 31.5 Å². The third-order valence-corrected chi connectivity index (χ3v) is 5.25. The summed E-state index contributed by atoms with van der Waals surface area (Å²) in [5, 5.41) is 2.85. The summed E-state index contributed by atoms with van der Waals surface area (Å²) in [4.78, 5) is 4.27. The highest BCUT2D eigenvalue weighted by Gasteiger charge is 2.39. The fourth-order valence-electron chi connectivity index (χ4n) is 3.79. The van der Waals surface area contributed by atoms with Crippen molar-refractivity contribution in [1.29, 1.82) is 0 Å². The molecule has 1 aromatic carbocycles. The monoisotopic (exact) mass is 360 g/mol. The highest BCUT2D eigenvalue weighted by atomic mass is 19.1. The van der Waals surface area contributed by atoms with Crippen LogP contribution < -0.4 is 22.2 Å². The predicted molar refractivity (Wildman–Crippen MR) is 96.4 cm³/mol. The Morgan fingerprint density at radius 2 is 1.88 bits per heavy atom. The number of para-hydroxylation sites is 1. The minimum Gasteiger partial charge on any atom is -0.348 e. The topological polar surface area (TPSA) is 93.9 Å². The van der Waals surface area contributed by atoms with Gasteiger partial charge < -0.3 is 22.2 Å². The van der Waals surface area contributed by atoms with Crippen LogP contribution in [0.15, 0.2) is 36.7 Å². The molecule has 1 fully saturated rings. The second-order valence-corrected chi connectivity index (χ2v) is 7.06. The lowest BCUT2D eigenvalue weighted by Crippen LogP contribution is -2.58. The summed E-state index contributed by atoms with van der Waals surface area (Å²) in [6, 6.07) is 3.94. The first kappa shape index (κ1) is 17.0. The summed E-state index contributed by atoms with van der Waals surface area (Å²) in [5.74, 6) is -0.677. The van der Waals surface area contributed by atoms with Crippen molar-refractivity contribution >= 4 is 11.4 Å². The van der Waals surface area contributed by atoms with E-state index < -0.39 is 17.3 Å². The number of hydrogen-bond donors (Lipinski definition) is 4. The minimum atomic E-state index is -0.863. The number of hydrogen-bond acceptors (Lipinski definition) is 5. The van der Waals surface area contributed by atoms with Crippen LogP contribution in [-0.4, -0.2) is 21.4 Å². The normalized spacial score (nSPS) is 28.1. The molecule has 2 aliphatic rings. The quantitative estimate of drug-likeness (QED) is 0.674. The smallest absolute Gasteiger partial charge is 0.174 e. The van der Waals surface area contributed by atoms with E-state index in [1.807, 2.05) is 0 Å². The first-order chi connectivity index (χ1) is 12.5. The van der Waals surface area contributed by atoms with Crippen LogP contribution in [-0.2, 0) is 0 Å². The number of fused-ring (bicyclic) bond motifs is 1. The van der Waals surface area contributed by atoms with E-state index in [-0.39, 0.29) is 17.6 Å².